The molecule has 0 aromatic carbocycles. The van der Waals surface area contributed by atoms with Crippen molar-refractivity contribution in [1.29, 1.82) is 0 Å². The van der Waals surface area contributed by atoms with Crippen molar-refractivity contribution < 1.29 is 14.7 Å². The molecule has 0 saturated heterocycles. The van der Waals surface area contributed by atoms with E-state index >= 15 is 0 Å². The van der Waals surface area contributed by atoms with E-state index in [1.54, 1.807) is 19.2 Å². The zero-order valence-electron chi connectivity index (χ0n) is 9.06. The quantitative estimate of drug-likeness (QED) is 0.649. The van der Waals surface area contributed by atoms with E-state index in [4.69, 9.17) is 5.11 Å². The largest absolute Gasteiger partial charge is 0.481 e. The number of carbonyl (C=O) groups excluding carboxylic acids is 1. The molecule has 1 aromatic rings. The highest BCUT2D eigenvalue weighted by Gasteiger charge is 2.10. The van der Waals surface area contributed by atoms with Crippen LogP contribution in [0.3, 0.4) is 0 Å². The normalized spacial score (nSPS) is 12.1. The van der Waals surface area contributed by atoms with E-state index in [0.717, 1.165) is 5.69 Å². The van der Waals surface area contributed by atoms with Gasteiger partial charge in [0.2, 0.25) is 5.91 Å². The summed E-state index contributed by atoms with van der Waals surface area (Å²) in [4.78, 5) is 21.8. The van der Waals surface area contributed by atoms with Gasteiger partial charge in [0.05, 0.1) is 6.42 Å². The molecule has 1 atom stereocenters. The molecule has 88 valence electrons. The summed E-state index contributed by atoms with van der Waals surface area (Å²) in [6.45, 7) is 1.79. The Balaban J connectivity index is 2.25. The summed E-state index contributed by atoms with van der Waals surface area (Å²) in [6, 6.07) is 1.59. The Kier molecular flexibility index (Phi) is 4.50. The molecule has 0 aliphatic heterocycles. The van der Waals surface area contributed by atoms with Gasteiger partial charge >= 0.3 is 5.97 Å². The van der Waals surface area contributed by atoms with Crippen LogP contribution in [0.2, 0.25) is 0 Å². The predicted molar refractivity (Wildman–Crippen MR) is 56.8 cm³/mol. The van der Waals surface area contributed by atoms with Crippen LogP contribution >= 0.6 is 0 Å². The van der Waals surface area contributed by atoms with Crippen molar-refractivity contribution >= 4 is 11.9 Å². The second kappa shape index (κ2) is 5.89. The predicted octanol–water partition coefficient (Wildman–Crippen LogP) is 0.322. The van der Waals surface area contributed by atoms with Crippen LogP contribution in [0.15, 0.2) is 12.3 Å². The van der Waals surface area contributed by atoms with Gasteiger partial charge in [0.25, 0.3) is 0 Å². The van der Waals surface area contributed by atoms with E-state index in [1.165, 1.54) is 0 Å². The zero-order chi connectivity index (χ0) is 12.0. The lowest BCUT2D eigenvalue weighted by Gasteiger charge is -2.11. The molecule has 0 spiro atoms. The average molecular weight is 225 g/mol. The summed E-state index contributed by atoms with van der Waals surface area (Å²) in [5.41, 5.74) is 0.739. The third-order valence-corrected chi connectivity index (χ3v) is 2.11. The molecule has 1 aromatic heterocycles. The number of nitrogens with zero attached hydrogens (tertiary/aromatic N) is 1. The Labute approximate surface area is 93.1 Å². The third-order valence-electron chi connectivity index (χ3n) is 2.11. The molecule has 0 saturated carbocycles. The van der Waals surface area contributed by atoms with E-state index in [-0.39, 0.29) is 24.8 Å². The van der Waals surface area contributed by atoms with Gasteiger partial charge in [0, 0.05) is 24.4 Å². The van der Waals surface area contributed by atoms with Gasteiger partial charge in [-0.3, -0.25) is 14.7 Å². The third kappa shape index (κ3) is 4.59. The topological polar surface area (TPSA) is 95.1 Å². The summed E-state index contributed by atoms with van der Waals surface area (Å²) in [5.74, 6) is -0.989. The summed E-state index contributed by atoms with van der Waals surface area (Å²) in [6.07, 6.45) is 2.31. The van der Waals surface area contributed by atoms with Crippen LogP contribution in [0.1, 0.15) is 25.5 Å². The number of aliphatic carboxylic acids is 1. The number of hydrogen-bond acceptors (Lipinski definition) is 3. The minimum Gasteiger partial charge on any atom is -0.481 e. The standard InChI is InChI=1S/C10H15N3O3/c1-7(2-3-10(15)16)12-9(14)6-8-4-5-11-13-8/h4-5,7H,2-3,6H2,1H3,(H,11,13)(H,12,14)(H,15,16). The SMILES string of the molecule is CC(CCC(=O)O)NC(=O)Cc1ccn[nH]1. The first-order valence-electron chi connectivity index (χ1n) is 5.07. The number of carbonyl (C=O) groups is 2. The fourth-order valence-corrected chi connectivity index (χ4v) is 1.29. The maximum absolute atomic E-state index is 11.5. The number of aromatic nitrogens is 2. The number of rotatable bonds is 6. The second-order valence-electron chi connectivity index (χ2n) is 3.66. The van der Waals surface area contributed by atoms with Gasteiger partial charge in [0.1, 0.15) is 0 Å². The van der Waals surface area contributed by atoms with Crippen LogP contribution in [0.25, 0.3) is 0 Å². The molecule has 3 N–H and O–H groups in total. The van der Waals surface area contributed by atoms with E-state index in [0.29, 0.717) is 6.42 Å². The van der Waals surface area contributed by atoms with E-state index < -0.39 is 5.97 Å². The van der Waals surface area contributed by atoms with Gasteiger partial charge in [-0.25, -0.2) is 0 Å². The molecule has 6 heteroatoms. The van der Waals surface area contributed by atoms with E-state index in [9.17, 15) is 9.59 Å². The minimum atomic E-state index is -0.852. The lowest BCUT2D eigenvalue weighted by atomic mass is 10.2. The van der Waals surface area contributed by atoms with Crippen LogP contribution in [-0.2, 0) is 16.0 Å². The number of H-pyrrole nitrogens is 1. The van der Waals surface area contributed by atoms with Crippen molar-refractivity contribution in [2.75, 3.05) is 0 Å². The van der Waals surface area contributed by atoms with Crippen molar-refractivity contribution in [3.05, 3.63) is 18.0 Å². The van der Waals surface area contributed by atoms with Gasteiger partial charge < -0.3 is 10.4 Å². The molecular weight excluding hydrogens is 210 g/mol. The maximum Gasteiger partial charge on any atom is 0.303 e. The molecule has 1 rings (SSSR count). The van der Waals surface area contributed by atoms with Gasteiger partial charge in [-0.15, -0.1) is 0 Å². The van der Waals surface area contributed by atoms with Crippen LogP contribution in [-0.4, -0.2) is 33.2 Å². The summed E-state index contributed by atoms with van der Waals surface area (Å²) in [5, 5.41) is 17.6. The van der Waals surface area contributed by atoms with Crippen molar-refractivity contribution in [2.24, 2.45) is 0 Å². The number of aromatic amines is 1. The molecule has 0 radical (unpaired) electrons. The molecular formula is C10H15N3O3. The van der Waals surface area contributed by atoms with Crippen LogP contribution < -0.4 is 5.32 Å². The Morgan fingerprint density at radius 2 is 2.38 bits per heavy atom. The fourth-order valence-electron chi connectivity index (χ4n) is 1.29. The molecule has 0 bridgehead atoms. The number of carboxylic acid groups (broad SMARTS) is 1. The van der Waals surface area contributed by atoms with E-state index in [1.807, 2.05) is 0 Å². The van der Waals surface area contributed by atoms with Crippen LogP contribution in [0, 0.1) is 0 Å². The van der Waals surface area contributed by atoms with Crippen molar-refractivity contribution in [3.8, 4) is 0 Å². The van der Waals surface area contributed by atoms with Crippen LogP contribution in [0.5, 0.6) is 0 Å². The molecule has 0 aliphatic rings. The highest BCUT2D eigenvalue weighted by Crippen LogP contribution is 1.98. The number of carboxylic acids is 1. The molecule has 6 nitrogen and oxygen atoms in total. The zero-order valence-corrected chi connectivity index (χ0v) is 9.06. The second-order valence-corrected chi connectivity index (χ2v) is 3.66. The molecule has 0 aliphatic carbocycles. The van der Waals surface area contributed by atoms with Crippen LogP contribution in [0.4, 0.5) is 0 Å². The minimum absolute atomic E-state index is 0.0610. The lowest BCUT2D eigenvalue weighted by Crippen LogP contribution is -2.34. The highest BCUT2D eigenvalue weighted by molar-refractivity contribution is 5.78. The van der Waals surface area contributed by atoms with Crippen molar-refractivity contribution in [3.63, 3.8) is 0 Å². The molecule has 1 heterocycles. The van der Waals surface area contributed by atoms with Gasteiger partial charge in [-0.1, -0.05) is 0 Å². The lowest BCUT2D eigenvalue weighted by molar-refractivity contribution is -0.137. The first-order valence-corrected chi connectivity index (χ1v) is 5.07. The van der Waals surface area contributed by atoms with E-state index in [2.05, 4.69) is 15.5 Å². The first kappa shape index (κ1) is 12.2. The highest BCUT2D eigenvalue weighted by atomic mass is 16.4. The average Bonchev–Trinajstić information content (AvgIpc) is 2.67. The van der Waals surface area contributed by atoms with Crippen molar-refractivity contribution in [1.82, 2.24) is 15.5 Å². The molecule has 0 fully saturated rings. The number of amides is 1. The monoisotopic (exact) mass is 225 g/mol. The summed E-state index contributed by atoms with van der Waals surface area (Å²) >= 11 is 0. The maximum atomic E-state index is 11.5. The Morgan fingerprint density at radius 3 is 2.94 bits per heavy atom. The van der Waals surface area contributed by atoms with Gasteiger partial charge in [-0.05, 0) is 19.4 Å². The number of nitrogens with one attached hydrogen (secondary N) is 2. The fraction of sp³-hybridized carbons (Fsp3) is 0.500. The summed E-state index contributed by atoms with van der Waals surface area (Å²) in [7, 11) is 0. The summed E-state index contributed by atoms with van der Waals surface area (Å²) < 4.78 is 0. The van der Waals surface area contributed by atoms with Gasteiger partial charge in [-0.2, -0.15) is 5.10 Å². The Bertz CT molecular complexity index is 348. The molecule has 16 heavy (non-hydrogen) atoms. The first-order chi connectivity index (χ1) is 7.58. The molecule has 1 unspecified atom stereocenters. The Hall–Kier alpha value is -1.85. The smallest absolute Gasteiger partial charge is 0.303 e. The van der Waals surface area contributed by atoms with Gasteiger partial charge in [0.15, 0.2) is 0 Å². The van der Waals surface area contributed by atoms with Crippen molar-refractivity contribution in [2.45, 2.75) is 32.2 Å². The Morgan fingerprint density at radius 1 is 1.62 bits per heavy atom. The molecule has 1 amide bonds. The number of hydrogen-bond donors (Lipinski definition) is 3.